The zero-order valence-corrected chi connectivity index (χ0v) is 14.9. The second kappa shape index (κ2) is 9.70. The lowest BCUT2D eigenvalue weighted by Crippen LogP contribution is -2.28. The highest BCUT2D eigenvalue weighted by molar-refractivity contribution is 7.89. The molecular weight excluding hydrogens is 356 g/mol. The molecule has 0 saturated heterocycles. The second-order valence-corrected chi connectivity index (χ2v) is 6.68. The minimum atomic E-state index is -3.43. The maximum atomic E-state index is 11.7. The number of nitrogens with one attached hydrogen (secondary N) is 1. The SMILES string of the molecule is CCOCCS(=O)(=O)NCc1nc(-c2ccc(CN)cc2)no1.Cl. The predicted octanol–water partition coefficient (Wildman–Crippen LogP) is 1.07. The van der Waals surface area contributed by atoms with Crippen LogP contribution in [0, 0.1) is 0 Å². The van der Waals surface area contributed by atoms with Crippen LogP contribution in [0.15, 0.2) is 28.8 Å². The van der Waals surface area contributed by atoms with Gasteiger partial charge in [-0.25, -0.2) is 13.1 Å². The van der Waals surface area contributed by atoms with Crippen molar-refractivity contribution < 1.29 is 17.7 Å². The van der Waals surface area contributed by atoms with Crippen molar-refractivity contribution in [1.29, 1.82) is 0 Å². The molecule has 8 nitrogen and oxygen atoms in total. The molecule has 0 saturated carbocycles. The van der Waals surface area contributed by atoms with Crippen LogP contribution in [0.1, 0.15) is 18.4 Å². The number of ether oxygens (including phenoxy) is 1. The van der Waals surface area contributed by atoms with Crippen LogP contribution in [-0.2, 0) is 27.8 Å². The molecule has 0 radical (unpaired) electrons. The normalized spacial score (nSPS) is 11.2. The van der Waals surface area contributed by atoms with E-state index in [2.05, 4.69) is 14.9 Å². The number of rotatable bonds is 9. The van der Waals surface area contributed by atoms with Gasteiger partial charge in [-0.2, -0.15) is 4.98 Å². The fraction of sp³-hybridized carbons (Fsp3) is 0.429. The van der Waals surface area contributed by atoms with E-state index in [0.717, 1.165) is 11.1 Å². The maximum absolute atomic E-state index is 11.7. The molecule has 3 N–H and O–H groups in total. The Morgan fingerprint density at radius 1 is 1.29 bits per heavy atom. The van der Waals surface area contributed by atoms with E-state index in [9.17, 15) is 8.42 Å². The molecule has 24 heavy (non-hydrogen) atoms. The summed E-state index contributed by atoms with van der Waals surface area (Å²) in [7, 11) is -3.43. The highest BCUT2D eigenvalue weighted by Gasteiger charge is 2.13. The van der Waals surface area contributed by atoms with Gasteiger partial charge in [-0.15, -0.1) is 12.4 Å². The number of aromatic nitrogens is 2. The van der Waals surface area contributed by atoms with Crippen LogP contribution >= 0.6 is 12.4 Å². The third kappa shape index (κ3) is 6.17. The predicted molar refractivity (Wildman–Crippen MR) is 92.0 cm³/mol. The highest BCUT2D eigenvalue weighted by Crippen LogP contribution is 2.16. The van der Waals surface area contributed by atoms with Gasteiger partial charge < -0.3 is 15.0 Å². The number of hydrogen-bond donors (Lipinski definition) is 2. The van der Waals surface area contributed by atoms with Crippen LogP contribution in [0.4, 0.5) is 0 Å². The molecule has 1 heterocycles. The first-order valence-corrected chi connectivity index (χ1v) is 8.86. The Morgan fingerprint density at radius 2 is 2.00 bits per heavy atom. The summed E-state index contributed by atoms with van der Waals surface area (Å²) < 4.78 is 35.9. The van der Waals surface area contributed by atoms with Gasteiger partial charge in [0.05, 0.1) is 18.9 Å². The third-order valence-electron chi connectivity index (χ3n) is 3.06. The Hall–Kier alpha value is -1.52. The first kappa shape index (κ1) is 20.5. The van der Waals surface area contributed by atoms with Gasteiger partial charge in [0.25, 0.3) is 0 Å². The molecule has 0 aliphatic rings. The van der Waals surface area contributed by atoms with Crippen molar-refractivity contribution in [2.24, 2.45) is 5.73 Å². The van der Waals surface area contributed by atoms with E-state index in [-0.39, 0.29) is 37.2 Å². The zero-order chi connectivity index (χ0) is 16.7. The van der Waals surface area contributed by atoms with Crippen LogP contribution in [0.2, 0.25) is 0 Å². The molecule has 0 atom stereocenters. The lowest BCUT2D eigenvalue weighted by molar-refractivity contribution is 0.163. The number of nitrogens with two attached hydrogens (primary N) is 1. The van der Waals surface area contributed by atoms with E-state index in [1.54, 1.807) is 6.92 Å². The summed E-state index contributed by atoms with van der Waals surface area (Å²) in [5, 5.41) is 3.84. The van der Waals surface area contributed by atoms with Crippen molar-refractivity contribution >= 4 is 22.4 Å². The van der Waals surface area contributed by atoms with Crippen LogP contribution in [0.3, 0.4) is 0 Å². The molecule has 2 aromatic rings. The smallest absolute Gasteiger partial charge is 0.242 e. The molecule has 2 rings (SSSR count). The molecule has 10 heteroatoms. The van der Waals surface area contributed by atoms with Crippen LogP contribution in [0.5, 0.6) is 0 Å². The van der Waals surface area contributed by atoms with E-state index < -0.39 is 10.0 Å². The maximum Gasteiger partial charge on any atom is 0.242 e. The fourth-order valence-corrected chi connectivity index (χ4v) is 2.62. The van der Waals surface area contributed by atoms with Crippen molar-refractivity contribution in [2.45, 2.75) is 20.0 Å². The highest BCUT2D eigenvalue weighted by atomic mass is 35.5. The van der Waals surface area contributed by atoms with Gasteiger partial charge in [-0.05, 0) is 12.5 Å². The van der Waals surface area contributed by atoms with E-state index in [1.807, 2.05) is 24.3 Å². The number of halogens is 1. The van der Waals surface area contributed by atoms with Crippen molar-refractivity contribution in [3.8, 4) is 11.4 Å². The number of sulfonamides is 1. The van der Waals surface area contributed by atoms with Crippen LogP contribution in [-0.4, -0.2) is 37.5 Å². The molecular formula is C14H21ClN4O4S. The molecule has 0 fully saturated rings. The van der Waals surface area contributed by atoms with Gasteiger partial charge in [-0.3, -0.25) is 0 Å². The van der Waals surface area contributed by atoms with Crippen LogP contribution < -0.4 is 10.5 Å². The van der Waals surface area contributed by atoms with Gasteiger partial charge in [0.2, 0.25) is 21.7 Å². The fourth-order valence-electron chi connectivity index (χ4n) is 1.79. The van der Waals surface area contributed by atoms with Gasteiger partial charge >= 0.3 is 0 Å². The van der Waals surface area contributed by atoms with E-state index in [0.29, 0.717) is 19.0 Å². The van der Waals surface area contributed by atoms with Crippen molar-refractivity contribution in [1.82, 2.24) is 14.9 Å². The molecule has 0 bridgehead atoms. The summed E-state index contributed by atoms with van der Waals surface area (Å²) in [6.45, 7) is 2.84. The first-order valence-electron chi connectivity index (χ1n) is 7.21. The molecule has 1 aromatic carbocycles. The second-order valence-electron chi connectivity index (χ2n) is 4.75. The van der Waals surface area contributed by atoms with E-state index >= 15 is 0 Å². The quantitative estimate of drug-likeness (QED) is 0.628. The summed E-state index contributed by atoms with van der Waals surface area (Å²) in [4.78, 5) is 4.17. The topological polar surface area (TPSA) is 120 Å². The van der Waals surface area contributed by atoms with E-state index in [1.165, 1.54) is 0 Å². The Bertz CT molecular complexity index is 719. The summed E-state index contributed by atoms with van der Waals surface area (Å²) in [5.74, 6) is 0.488. The van der Waals surface area contributed by atoms with Crippen molar-refractivity contribution in [3.63, 3.8) is 0 Å². The first-order chi connectivity index (χ1) is 11.0. The van der Waals surface area contributed by atoms with Gasteiger partial charge in [0.15, 0.2) is 0 Å². The van der Waals surface area contributed by atoms with Crippen LogP contribution in [0.25, 0.3) is 11.4 Å². The zero-order valence-electron chi connectivity index (χ0n) is 13.3. The summed E-state index contributed by atoms with van der Waals surface area (Å²) in [5.41, 5.74) is 7.32. The van der Waals surface area contributed by atoms with E-state index in [4.69, 9.17) is 15.0 Å². The Balaban J connectivity index is 0.00000288. The summed E-state index contributed by atoms with van der Waals surface area (Å²) in [6, 6.07) is 7.43. The van der Waals surface area contributed by atoms with Crippen molar-refractivity contribution in [2.75, 3.05) is 19.0 Å². The largest absolute Gasteiger partial charge is 0.381 e. The monoisotopic (exact) mass is 376 g/mol. The number of hydrogen-bond acceptors (Lipinski definition) is 7. The molecule has 0 amide bonds. The van der Waals surface area contributed by atoms with Gasteiger partial charge in [0.1, 0.15) is 0 Å². The summed E-state index contributed by atoms with van der Waals surface area (Å²) in [6.07, 6.45) is 0. The lowest BCUT2D eigenvalue weighted by Gasteiger charge is -2.04. The van der Waals surface area contributed by atoms with Crippen molar-refractivity contribution in [3.05, 3.63) is 35.7 Å². The minimum absolute atomic E-state index is 0. The Morgan fingerprint density at radius 3 is 2.62 bits per heavy atom. The molecule has 0 aliphatic carbocycles. The molecule has 0 spiro atoms. The third-order valence-corrected chi connectivity index (χ3v) is 4.35. The Kier molecular flexibility index (Phi) is 8.29. The molecule has 0 aliphatic heterocycles. The lowest BCUT2D eigenvalue weighted by atomic mass is 10.1. The van der Waals surface area contributed by atoms with Gasteiger partial charge in [0, 0.05) is 18.7 Å². The minimum Gasteiger partial charge on any atom is -0.381 e. The molecule has 0 unspecified atom stereocenters. The standard InChI is InChI=1S/C14H20N4O4S.ClH/c1-2-21-7-8-23(19,20)16-10-13-17-14(18-22-13)12-5-3-11(9-15)4-6-12;/h3-6,16H,2,7-10,15H2,1H3;1H. The number of nitrogens with zero attached hydrogens (tertiary/aromatic N) is 2. The molecule has 1 aromatic heterocycles. The average molecular weight is 377 g/mol. The summed E-state index contributed by atoms with van der Waals surface area (Å²) >= 11 is 0. The average Bonchev–Trinajstić information content (AvgIpc) is 3.02. The molecule has 134 valence electrons. The van der Waals surface area contributed by atoms with Gasteiger partial charge in [-0.1, -0.05) is 29.4 Å². The Labute approximate surface area is 147 Å². The number of benzene rings is 1.